The summed E-state index contributed by atoms with van der Waals surface area (Å²) >= 11 is 0. The molecule has 1 saturated heterocycles. The molecule has 24 heavy (non-hydrogen) atoms. The van der Waals surface area contributed by atoms with Crippen molar-refractivity contribution in [3.05, 3.63) is 30.2 Å². The van der Waals surface area contributed by atoms with Gasteiger partial charge in [0.2, 0.25) is 0 Å². The standard InChI is InChI=1S/C18H25N5O/c24-18(16-8-12-23-17(21-16)5-9-19-23)20-15-6-10-22(11-7-15)13-14-3-1-2-4-14/h5,8-9,12,14-15H,1-4,6-7,10-11,13H2,(H,20,24). The minimum atomic E-state index is -0.0760. The van der Waals surface area contributed by atoms with Gasteiger partial charge in [0.15, 0.2) is 5.65 Å². The van der Waals surface area contributed by atoms with E-state index < -0.39 is 0 Å². The number of hydrogen-bond donors (Lipinski definition) is 1. The van der Waals surface area contributed by atoms with Crippen LogP contribution in [0.4, 0.5) is 0 Å². The summed E-state index contributed by atoms with van der Waals surface area (Å²) in [5.74, 6) is 0.829. The third-order valence-corrected chi connectivity index (χ3v) is 5.40. The van der Waals surface area contributed by atoms with Gasteiger partial charge in [-0.1, -0.05) is 12.8 Å². The van der Waals surface area contributed by atoms with Gasteiger partial charge in [0, 0.05) is 37.9 Å². The number of nitrogens with zero attached hydrogens (tertiary/aromatic N) is 4. The van der Waals surface area contributed by atoms with Gasteiger partial charge in [-0.3, -0.25) is 4.79 Å². The smallest absolute Gasteiger partial charge is 0.270 e. The molecule has 6 nitrogen and oxygen atoms in total. The highest BCUT2D eigenvalue weighted by molar-refractivity contribution is 5.92. The zero-order valence-electron chi connectivity index (χ0n) is 14.0. The zero-order chi connectivity index (χ0) is 16.4. The average molecular weight is 327 g/mol. The van der Waals surface area contributed by atoms with Crippen molar-refractivity contribution < 1.29 is 4.79 Å². The Balaban J connectivity index is 1.29. The van der Waals surface area contributed by atoms with E-state index in [2.05, 4.69) is 20.3 Å². The average Bonchev–Trinajstić information content (AvgIpc) is 3.27. The Hall–Kier alpha value is -1.95. The van der Waals surface area contributed by atoms with Crippen molar-refractivity contribution in [2.24, 2.45) is 5.92 Å². The lowest BCUT2D eigenvalue weighted by atomic mass is 10.0. The van der Waals surface area contributed by atoms with Gasteiger partial charge in [-0.05, 0) is 37.7 Å². The number of likely N-dealkylation sites (tertiary alicyclic amines) is 1. The Kier molecular flexibility index (Phi) is 4.47. The topological polar surface area (TPSA) is 62.5 Å². The fourth-order valence-electron chi connectivity index (χ4n) is 4.02. The molecule has 0 atom stereocenters. The fraction of sp³-hybridized carbons (Fsp3) is 0.611. The highest BCUT2D eigenvalue weighted by Gasteiger charge is 2.24. The largest absolute Gasteiger partial charge is 0.348 e. The van der Waals surface area contributed by atoms with E-state index in [-0.39, 0.29) is 11.9 Å². The normalized spacial score (nSPS) is 20.7. The first kappa shape index (κ1) is 15.6. The molecule has 1 saturated carbocycles. The number of nitrogens with one attached hydrogen (secondary N) is 1. The van der Waals surface area contributed by atoms with Crippen LogP contribution in [0.3, 0.4) is 0 Å². The fourth-order valence-corrected chi connectivity index (χ4v) is 4.02. The SMILES string of the molecule is O=C(NC1CCN(CC2CCCC2)CC1)c1ccn2nccc2n1. The molecule has 2 aromatic heterocycles. The van der Waals surface area contributed by atoms with Crippen molar-refractivity contribution >= 4 is 11.6 Å². The Labute approximate surface area is 142 Å². The molecule has 128 valence electrons. The van der Waals surface area contributed by atoms with E-state index in [1.807, 2.05) is 0 Å². The van der Waals surface area contributed by atoms with Crippen molar-refractivity contribution in [2.45, 2.75) is 44.6 Å². The van der Waals surface area contributed by atoms with Gasteiger partial charge in [-0.15, -0.1) is 0 Å². The van der Waals surface area contributed by atoms with Crippen LogP contribution >= 0.6 is 0 Å². The summed E-state index contributed by atoms with van der Waals surface area (Å²) in [4.78, 5) is 19.4. The Morgan fingerprint density at radius 2 is 1.96 bits per heavy atom. The van der Waals surface area contributed by atoms with E-state index in [0.29, 0.717) is 11.3 Å². The van der Waals surface area contributed by atoms with Crippen LogP contribution in [0.5, 0.6) is 0 Å². The monoisotopic (exact) mass is 327 g/mol. The van der Waals surface area contributed by atoms with Crippen LogP contribution < -0.4 is 5.32 Å². The molecule has 6 heteroatoms. The molecule has 4 rings (SSSR count). The van der Waals surface area contributed by atoms with E-state index in [9.17, 15) is 4.79 Å². The molecular formula is C18H25N5O. The van der Waals surface area contributed by atoms with E-state index in [1.54, 1.807) is 29.0 Å². The van der Waals surface area contributed by atoms with Crippen molar-refractivity contribution in [1.29, 1.82) is 0 Å². The molecule has 1 aliphatic heterocycles. The van der Waals surface area contributed by atoms with Gasteiger partial charge in [0.25, 0.3) is 5.91 Å². The zero-order valence-corrected chi connectivity index (χ0v) is 14.0. The molecule has 0 spiro atoms. The molecule has 1 aliphatic carbocycles. The van der Waals surface area contributed by atoms with E-state index in [4.69, 9.17) is 0 Å². The summed E-state index contributed by atoms with van der Waals surface area (Å²) in [7, 11) is 0. The summed E-state index contributed by atoms with van der Waals surface area (Å²) in [6, 6.07) is 3.79. The molecule has 1 N–H and O–H groups in total. The van der Waals surface area contributed by atoms with E-state index in [1.165, 1.54) is 32.2 Å². The number of aromatic nitrogens is 3. The Bertz CT molecular complexity index is 698. The third-order valence-electron chi connectivity index (χ3n) is 5.40. The molecule has 2 aromatic rings. The molecule has 0 aromatic carbocycles. The highest BCUT2D eigenvalue weighted by atomic mass is 16.1. The van der Waals surface area contributed by atoms with Crippen LogP contribution in [0.2, 0.25) is 0 Å². The maximum atomic E-state index is 12.4. The number of rotatable bonds is 4. The number of amides is 1. The van der Waals surface area contributed by atoms with Crippen LogP contribution in [0, 0.1) is 5.92 Å². The minimum Gasteiger partial charge on any atom is -0.348 e. The first-order valence-corrected chi connectivity index (χ1v) is 9.11. The molecule has 0 bridgehead atoms. The molecule has 0 unspecified atom stereocenters. The second-order valence-electron chi connectivity index (χ2n) is 7.15. The second-order valence-corrected chi connectivity index (χ2v) is 7.15. The van der Waals surface area contributed by atoms with Gasteiger partial charge in [0.1, 0.15) is 5.69 Å². The van der Waals surface area contributed by atoms with Gasteiger partial charge in [0.05, 0.1) is 6.20 Å². The number of carbonyl (C=O) groups excluding carboxylic acids is 1. The minimum absolute atomic E-state index is 0.0760. The first-order chi connectivity index (χ1) is 11.8. The van der Waals surface area contributed by atoms with Gasteiger partial charge >= 0.3 is 0 Å². The van der Waals surface area contributed by atoms with E-state index in [0.717, 1.165) is 31.8 Å². The predicted octanol–water partition coefficient (Wildman–Crippen LogP) is 2.11. The van der Waals surface area contributed by atoms with Crippen LogP contribution in [0.15, 0.2) is 24.5 Å². The van der Waals surface area contributed by atoms with Crippen molar-refractivity contribution in [1.82, 2.24) is 24.8 Å². The summed E-state index contributed by atoms with van der Waals surface area (Å²) in [6.07, 6.45) is 11.2. The Morgan fingerprint density at radius 3 is 2.75 bits per heavy atom. The summed E-state index contributed by atoms with van der Waals surface area (Å²) in [6.45, 7) is 3.44. The van der Waals surface area contributed by atoms with Crippen molar-refractivity contribution in [3.8, 4) is 0 Å². The summed E-state index contributed by atoms with van der Waals surface area (Å²) in [5, 5.41) is 7.25. The van der Waals surface area contributed by atoms with Crippen LogP contribution in [-0.2, 0) is 0 Å². The van der Waals surface area contributed by atoms with Gasteiger partial charge in [-0.2, -0.15) is 5.10 Å². The lowest BCUT2D eigenvalue weighted by Crippen LogP contribution is -2.45. The second kappa shape index (κ2) is 6.89. The van der Waals surface area contributed by atoms with E-state index >= 15 is 0 Å². The lowest BCUT2D eigenvalue weighted by molar-refractivity contribution is 0.0901. The number of piperidine rings is 1. The molecule has 0 radical (unpaired) electrons. The molecule has 2 aliphatic rings. The van der Waals surface area contributed by atoms with Crippen LogP contribution in [0.25, 0.3) is 5.65 Å². The summed E-state index contributed by atoms with van der Waals surface area (Å²) in [5.41, 5.74) is 1.17. The highest BCUT2D eigenvalue weighted by Crippen LogP contribution is 2.26. The molecular weight excluding hydrogens is 302 g/mol. The molecule has 3 heterocycles. The third kappa shape index (κ3) is 3.43. The number of carbonyl (C=O) groups is 1. The van der Waals surface area contributed by atoms with Gasteiger partial charge in [-0.25, -0.2) is 9.50 Å². The molecule has 1 amide bonds. The van der Waals surface area contributed by atoms with Gasteiger partial charge < -0.3 is 10.2 Å². The first-order valence-electron chi connectivity index (χ1n) is 9.11. The van der Waals surface area contributed by atoms with Crippen LogP contribution in [0.1, 0.15) is 49.0 Å². The number of fused-ring (bicyclic) bond motifs is 1. The maximum Gasteiger partial charge on any atom is 0.270 e. The quantitative estimate of drug-likeness (QED) is 0.934. The maximum absolute atomic E-state index is 12.4. The van der Waals surface area contributed by atoms with Crippen LogP contribution in [-0.4, -0.2) is 51.1 Å². The predicted molar refractivity (Wildman–Crippen MR) is 91.9 cm³/mol. The Morgan fingerprint density at radius 1 is 1.17 bits per heavy atom. The number of hydrogen-bond acceptors (Lipinski definition) is 4. The van der Waals surface area contributed by atoms with Crippen molar-refractivity contribution in [2.75, 3.05) is 19.6 Å². The lowest BCUT2D eigenvalue weighted by Gasteiger charge is -2.33. The summed E-state index contributed by atoms with van der Waals surface area (Å²) < 4.78 is 1.66. The van der Waals surface area contributed by atoms with Crippen molar-refractivity contribution in [3.63, 3.8) is 0 Å². The molecule has 2 fully saturated rings.